The fourth-order valence-corrected chi connectivity index (χ4v) is 0.951. The van der Waals surface area contributed by atoms with Gasteiger partial charge in [0.1, 0.15) is 0 Å². The van der Waals surface area contributed by atoms with Crippen molar-refractivity contribution in [2.45, 2.75) is 28.6 Å². The van der Waals surface area contributed by atoms with Gasteiger partial charge in [-0.15, -0.1) is 0 Å². The van der Waals surface area contributed by atoms with Gasteiger partial charge in [0.25, 0.3) is 5.67 Å². The monoisotopic (exact) mass is 342 g/mol. The fraction of sp³-hybridized carbons (Fsp3) is 1.00. The molecule has 0 rings (SSSR count). The normalized spacial score (nSPS) is 19.3. The van der Waals surface area contributed by atoms with Gasteiger partial charge in [-0.05, 0) is 6.92 Å². The molecule has 0 radical (unpaired) electrons. The minimum absolute atomic E-state index is 0.239. The molecule has 0 aromatic carbocycles. The third-order valence-electron chi connectivity index (χ3n) is 1.48. The number of hydrogen-bond acceptors (Lipinski definition) is 0. The Morgan fingerprint density at radius 1 is 0.786 bits per heavy atom. The summed E-state index contributed by atoms with van der Waals surface area (Å²) in [5, 5.41) is 0. The van der Waals surface area contributed by atoms with Gasteiger partial charge in [-0.25, -0.2) is 4.39 Å². The van der Waals surface area contributed by atoms with E-state index >= 15 is 0 Å². The van der Waals surface area contributed by atoms with Crippen LogP contribution >= 0.6 is 22.6 Å². The molecule has 0 aliphatic heterocycles. The lowest BCUT2D eigenvalue weighted by Gasteiger charge is -2.34. The molecule has 9 heteroatoms. The van der Waals surface area contributed by atoms with E-state index in [4.69, 9.17) is 0 Å². The average molecular weight is 342 g/mol. The lowest BCUT2D eigenvalue weighted by Crippen LogP contribution is -2.59. The van der Waals surface area contributed by atoms with Crippen molar-refractivity contribution >= 4 is 22.6 Å². The minimum Gasteiger partial charge on any atom is -0.227 e. The van der Waals surface area contributed by atoms with Crippen molar-refractivity contribution in [2.24, 2.45) is 0 Å². The van der Waals surface area contributed by atoms with Crippen LogP contribution in [0.5, 0.6) is 0 Å². The summed E-state index contributed by atoms with van der Waals surface area (Å²) >= 11 is -0.239. The summed E-state index contributed by atoms with van der Waals surface area (Å²) in [5.41, 5.74) is -5.27. The van der Waals surface area contributed by atoms with Gasteiger partial charge in [-0.2, -0.15) is 30.7 Å². The van der Waals surface area contributed by atoms with Crippen LogP contribution < -0.4 is 0 Å². The molecule has 1 unspecified atom stereocenters. The highest BCUT2D eigenvalue weighted by molar-refractivity contribution is 14.1. The van der Waals surface area contributed by atoms with E-state index in [-0.39, 0.29) is 22.6 Å². The van der Waals surface area contributed by atoms with E-state index < -0.39 is 28.6 Å². The van der Waals surface area contributed by atoms with Gasteiger partial charge in [-0.3, -0.25) is 0 Å². The second kappa shape index (κ2) is 3.34. The molecule has 0 aliphatic carbocycles. The van der Waals surface area contributed by atoms with Crippen LogP contribution in [-0.4, -0.2) is 21.7 Å². The summed E-state index contributed by atoms with van der Waals surface area (Å²) in [7, 11) is 0. The average Bonchev–Trinajstić information content (AvgIpc) is 1.81. The van der Waals surface area contributed by atoms with E-state index in [0.717, 1.165) is 0 Å². The molecular weight excluding hydrogens is 339 g/mol. The van der Waals surface area contributed by atoms with E-state index in [9.17, 15) is 35.1 Å². The molecule has 0 N–H and O–H groups in total. The Bertz CT molecular complexity index is 187. The van der Waals surface area contributed by atoms with Crippen molar-refractivity contribution in [1.29, 1.82) is 0 Å². The highest BCUT2D eigenvalue weighted by Gasteiger charge is 2.76. The number of halogens is 9. The maximum absolute atomic E-state index is 12.5. The second-order valence-electron chi connectivity index (χ2n) is 2.57. The topological polar surface area (TPSA) is 0 Å². The van der Waals surface area contributed by atoms with Gasteiger partial charge in [0.05, 0.1) is 0 Å². The first-order valence-corrected chi connectivity index (χ1v) is 4.03. The number of hydrogen-bond donors (Lipinski definition) is 0. The van der Waals surface area contributed by atoms with Crippen molar-refractivity contribution < 1.29 is 35.1 Å². The van der Waals surface area contributed by atoms with Crippen LogP contribution in [0.4, 0.5) is 35.1 Å². The fourth-order valence-electron chi connectivity index (χ4n) is 0.444. The Kier molecular flexibility index (Phi) is 3.38. The third-order valence-corrected chi connectivity index (χ3v) is 2.16. The lowest BCUT2D eigenvalue weighted by atomic mass is 10.00. The molecule has 0 heterocycles. The molecule has 0 amide bonds. The molecule has 0 aromatic rings. The van der Waals surface area contributed by atoms with E-state index in [1.807, 2.05) is 0 Å². The maximum atomic E-state index is 12.5. The minimum atomic E-state index is -6.06. The third kappa shape index (κ3) is 2.06. The van der Waals surface area contributed by atoms with E-state index in [1.54, 1.807) is 0 Å². The molecule has 0 aliphatic rings. The van der Waals surface area contributed by atoms with Crippen LogP contribution in [0.15, 0.2) is 0 Å². The van der Waals surface area contributed by atoms with Crippen LogP contribution in [0.3, 0.4) is 0 Å². The van der Waals surface area contributed by atoms with Gasteiger partial charge in [0, 0.05) is 22.6 Å². The first-order valence-electron chi connectivity index (χ1n) is 2.95. The molecule has 0 saturated heterocycles. The molecule has 0 nitrogen and oxygen atoms in total. The highest BCUT2D eigenvalue weighted by atomic mass is 127. The lowest BCUT2D eigenvalue weighted by molar-refractivity contribution is -0.324. The van der Waals surface area contributed by atoms with Gasteiger partial charge in [-0.1, -0.05) is 0 Å². The first-order chi connectivity index (χ1) is 5.75. The zero-order chi connectivity index (χ0) is 12.0. The van der Waals surface area contributed by atoms with Gasteiger partial charge in [0.15, 0.2) is 0 Å². The van der Waals surface area contributed by atoms with Crippen molar-refractivity contribution in [3.05, 3.63) is 0 Å². The zero-order valence-corrected chi connectivity index (χ0v) is 8.56. The highest BCUT2D eigenvalue weighted by Crippen LogP contribution is 2.54. The Labute approximate surface area is 86.8 Å². The Hall–Kier alpha value is 0.170. The standard InChI is InChI=1S/C5H3F8I/c1-2(6,4(9,10)11)3(7,8)5(12,13)14/h1H3. The molecule has 0 aromatic heterocycles. The quantitative estimate of drug-likeness (QED) is 0.405. The Balaban J connectivity index is 5.30. The van der Waals surface area contributed by atoms with Gasteiger partial charge in [0.2, 0.25) is 0 Å². The van der Waals surface area contributed by atoms with Crippen LogP contribution in [-0.2, 0) is 0 Å². The van der Waals surface area contributed by atoms with Crippen molar-refractivity contribution in [3.63, 3.8) is 0 Å². The molecule has 0 saturated carbocycles. The van der Waals surface area contributed by atoms with E-state index in [1.165, 1.54) is 0 Å². The second-order valence-corrected chi connectivity index (χ2v) is 3.93. The smallest absolute Gasteiger partial charge is 0.227 e. The molecule has 0 spiro atoms. The Morgan fingerprint density at radius 3 is 1.14 bits per heavy atom. The molecule has 14 heavy (non-hydrogen) atoms. The van der Waals surface area contributed by atoms with Crippen molar-refractivity contribution in [3.8, 4) is 0 Å². The Morgan fingerprint density at radius 2 is 1.07 bits per heavy atom. The maximum Gasteiger partial charge on any atom is 0.428 e. The molecular formula is C5H3F8I. The van der Waals surface area contributed by atoms with Crippen LogP contribution in [0, 0.1) is 0 Å². The van der Waals surface area contributed by atoms with E-state index in [0.29, 0.717) is 0 Å². The van der Waals surface area contributed by atoms with Gasteiger partial charge >= 0.3 is 16.0 Å². The molecule has 0 fully saturated rings. The first kappa shape index (κ1) is 14.2. The van der Waals surface area contributed by atoms with E-state index in [2.05, 4.69) is 0 Å². The van der Waals surface area contributed by atoms with Crippen LogP contribution in [0.1, 0.15) is 6.92 Å². The summed E-state index contributed by atoms with van der Waals surface area (Å²) in [6.45, 7) is -0.625. The molecule has 1 atom stereocenters. The summed E-state index contributed by atoms with van der Waals surface area (Å²) in [6, 6.07) is 0. The summed E-state index contributed by atoms with van der Waals surface area (Å²) in [6.07, 6.45) is -6.06. The summed E-state index contributed by atoms with van der Waals surface area (Å²) in [5.74, 6) is -5.82. The SMILES string of the molecule is CC(F)(C(F)(F)F)C(F)(F)C(F)(F)I. The largest absolute Gasteiger partial charge is 0.428 e. The summed E-state index contributed by atoms with van der Waals surface area (Å²) in [4.78, 5) is 0. The number of alkyl halides is 9. The van der Waals surface area contributed by atoms with Gasteiger partial charge < -0.3 is 0 Å². The summed E-state index contributed by atoms with van der Waals surface area (Å²) < 4.78 is 91.1. The van der Waals surface area contributed by atoms with Crippen molar-refractivity contribution in [1.82, 2.24) is 0 Å². The number of rotatable bonds is 2. The van der Waals surface area contributed by atoms with Crippen LogP contribution in [0.25, 0.3) is 0 Å². The molecule has 86 valence electrons. The zero-order valence-electron chi connectivity index (χ0n) is 6.40. The predicted molar refractivity (Wildman–Crippen MR) is 39.5 cm³/mol. The van der Waals surface area contributed by atoms with Crippen LogP contribution in [0.2, 0.25) is 0 Å². The predicted octanol–water partition coefficient (Wildman–Crippen LogP) is 3.94. The van der Waals surface area contributed by atoms with Crippen molar-refractivity contribution in [2.75, 3.05) is 0 Å². The molecule has 0 bridgehead atoms.